The lowest BCUT2D eigenvalue weighted by Gasteiger charge is -2.35. The fourth-order valence-corrected chi connectivity index (χ4v) is 4.87. The molecule has 1 heterocycles. The molecule has 0 aliphatic carbocycles. The van der Waals surface area contributed by atoms with Crippen molar-refractivity contribution in [3.63, 3.8) is 0 Å². The number of benzene rings is 1. The molecule has 0 spiro atoms. The van der Waals surface area contributed by atoms with Gasteiger partial charge in [-0.3, -0.25) is 0 Å². The van der Waals surface area contributed by atoms with Gasteiger partial charge in [-0.25, -0.2) is 4.99 Å². The summed E-state index contributed by atoms with van der Waals surface area (Å²) < 4.78 is 5.80. The van der Waals surface area contributed by atoms with E-state index in [0.717, 1.165) is 87.7 Å². The largest absolute Gasteiger partial charge is 0.495 e. The maximum absolute atomic E-state index is 6.73. The Morgan fingerprint density at radius 2 is 1.88 bits per heavy atom. The van der Waals surface area contributed by atoms with E-state index < -0.39 is 0 Å². The highest BCUT2D eigenvalue weighted by Crippen LogP contribution is 2.27. The monoisotopic (exact) mass is 553 g/mol. The first-order valence-corrected chi connectivity index (χ1v) is 14.9. The van der Waals surface area contributed by atoms with E-state index in [-0.39, 0.29) is 0 Å². The van der Waals surface area contributed by atoms with E-state index in [2.05, 4.69) is 85.9 Å². The Morgan fingerprint density at radius 1 is 1.18 bits per heavy atom. The number of aliphatic imine (C=N–C) groups is 1. The second-order valence-corrected chi connectivity index (χ2v) is 11.4. The highest BCUT2D eigenvalue weighted by Gasteiger charge is 2.24. The molecule has 0 aromatic heterocycles. The van der Waals surface area contributed by atoms with Gasteiger partial charge in [0.1, 0.15) is 17.4 Å². The summed E-state index contributed by atoms with van der Waals surface area (Å²) in [4.78, 5) is 12.4. The summed E-state index contributed by atoms with van der Waals surface area (Å²) in [6.07, 6.45) is 3.95. The molecule has 1 aromatic rings. The zero-order chi connectivity index (χ0) is 29.7. The number of piperidine rings is 1. The highest BCUT2D eigenvalue weighted by molar-refractivity contribution is 6.04. The van der Waals surface area contributed by atoms with Gasteiger partial charge in [0.05, 0.1) is 12.7 Å². The van der Waals surface area contributed by atoms with Crippen LogP contribution in [-0.2, 0) is 0 Å². The van der Waals surface area contributed by atoms with Crippen LogP contribution in [0.3, 0.4) is 0 Å². The molecule has 8 heteroatoms. The number of methoxy groups -OCH3 is 1. The molecule has 0 atom stereocenters. The fraction of sp³-hybridized carbons (Fsp3) is 0.656. The predicted octanol–water partition coefficient (Wildman–Crippen LogP) is 3.97. The Bertz CT molecular complexity index is 1040. The van der Waals surface area contributed by atoms with E-state index in [1.807, 2.05) is 19.2 Å². The van der Waals surface area contributed by atoms with E-state index in [1.165, 1.54) is 5.57 Å². The zero-order valence-electron chi connectivity index (χ0n) is 26.7. The van der Waals surface area contributed by atoms with Crippen molar-refractivity contribution in [2.75, 3.05) is 73.3 Å². The average molecular weight is 554 g/mol. The van der Waals surface area contributed by atoms with Gasteiger partial charge in [-0.2, -0.15) is 0 Å². The van der Waals surface area contributed by atoms with Gasteiger partial charge in [0.15, 0.2) is 0 Å². The number of hydrogen-bond acceptors (Lipinski definition) is 7. The molecule has 0 unspecified atom stereocenters. The maximum atomic E-state index is 6.73. The van der Waals surface area contributed by atoms with Gasteiger partial charge >= 0.3 is 0 Å². The van der Waals surface area contributed by atoms with Crippen LogP contribution in [0.25, 0.3) is 0 Å². The van der Waals surface area contributed by atoms with E-state index in [9.17, 15) is 0 Å². The van der Waals surface area contributed by atoms with Crippen LogP contribution in [0.1, 0.15) is 71.4 Å². The van der Waals surface area contributed by atoms with Gasteiger partial charge in [-0.1, -0.05) is 18.8 Å². The quantitative estimate of drug-likeness (QED) is 0.148. The van der Waals surface area contributed by atoms with Gasteiger partial charge in [0.25, 0.3) is 0 Å². The summed E-state index contributed by atoms with van der Waals surface area (Å²) in [6.45, 7) is 16.8. The normalized spacial score (nSPS) is 14.7. The second-order valence-electron chi connectivity index (χ2n) is 11.4. The lowest BCUT2D eigenvalue weighted by molar-refractivity contribution is 0.167. The third kappa shape index (κ3) is 10.3. The van der Waals surface area contributed by atoms with Crippen LogP contribution >= 0.6 is 0 Å². The molecule has 224 valence electrons. The molecule has 2 rings (SSSR count). The Labute approximate surface area is 244 Å². The molecule has 1 aromatic carbocycles. The lowest BCUT2D eigenvalue weighted by atomic mass is 10.0. The summed E-state index contributed by atoms with van der Waals surface area (Å²) in [7, 11) is 7.78. The van der Waals surface area contributed by atoms with Crippen molar-refractivity contribution in [2.24, 2.45) is 4.99 Å². The van der Waals surface area contributed by atoms with E-state index in [4.69, 9.17) is 15.5 Å². The van der Waals surface area contributed by atoms with Crippen molar-refractivity contribution in [3.05, 3.63) is 34.7 Å². The maximum Gasteiger partial charge on any atom is 0.138 e. The zero-order valence-corrected chi connectivity index (χ0v) is 26.7. The van der Waals surface area contributed by atoms with Gasteiger partial charge in [0.2, 0.25) is 0 Å². The molecular formula is C32H55N7O. The predicted molar refractivity (Wildman–Crippen MR) is 171 cm³/mol. The summed E-state index contributed by atoms with van der Waals surface area (Å²) in [5.41, 5.74) is 10.2. The molecule has 40 heavy (non-hydrogen) atoms. The first-order valence-electron chi connectivity index (χ1n) is 14.9. The van der Waals surface area contributed by atoms with Crippen molar-refractivity contribution < 1.29 is 4.74 Å². The van der Waals surface area contributed by atoms with Crippen LogP contribution in [0.5, 0.6) is 5.75 Å². The summed E-state index contributed by atoms with van der Waals surface area (Å²) >= 11 is 0. The Balaban J connectivity index is 2.54. The first kappa shape index (κ1) is 33.5. The number of nitrogens with two attached hydrogens (primary N) is 1. The van der Waals surface area contributed by atoms with Crippen LogP contribution in [0, 0.1) is 11.8 Å². The van der Waals surface area contributed by atoms with Gasteiger partial charge < -0.3 is 35.8 Å². The minimum atomic E-state index is 0.319. The molecule has 4 N–H and O–H groups in total. The lowest BCUT2D eigenvalue weighted by Crippen LogP contribution is -2.47. The van der Waals surface area contributed by atoms with Crippen LogP contribution in [0.2, 0.25) is 0 Å². The standard InChI is InChI=1S/C32H55N7O/c1-10-17-39(21-16-34-6)32(24(2)3)36-31(35-27-14-19-38(20-15-27)25(4)5)28-23-30(40-9)26(22-29(28)33)13-11-12-18-37(7)8/h22-23,25,27,34H,10,12,14-21,33H2,1-9H3,(H,35,36). The minimum absolute atomic E-state index is 0.319. The Morgan fingerprint density at radius 3 is 2.42 bits per heavy atom. The molecule has 8 nitrogen and oxygen atoms in total. The number of likely N-dealkylation sites (tertiary alicyclic amines) is 1. The molecule has 0 radical (unpaired) electrons. The van der Waals surface area contributed by atoms with E-state index in [0.29, 0.717) is 23.5 Å². The van der Waals surface area contributed by atoms with Crippen molar-refractivity contribution in [1.82, 2.24) is 25.3 Å². The SMILES string of the molecule is CCCN(CCNC)C(/N=C(/NC1CCN(C(C)C)CC1)c1cc(OC)c(C#CCCN(C)C)cc1N)=C(C)C. The molecular weight excluding hydrogens is 498 g/mol. The molecule has 0 bridgehead atoms. The molecule has 0 amide bonds. The highest BCUT2D eigenvalue weighted by atomic mass is 16.5. The van der Waals surface area contributed by atoms with Crippen LogP contribution < -0.4 is 21.1 Å². The summed E-state index contributed by atoms with van der Waals surface area (Å²) in [5, 5.41) is 7.10. The fourth-order valence-electron chi connectivity index (χ4n) is 4.87. The van der Waals surface area contributed by atoms with E-state index >= 15 is 0 Å². The second kappa shape index (κ2) is 17.2. The molecule has 1 saturated heterocycles. The van der Waals surface area contributed by atoms with Crippen molar-refractivity contribution >= 4 is 11.5 Å². The summed E-state index contributed by atoms with van der Waals surface area (Å²) in [6, 6.07) is 4.82. The number of hydrogen-bond donors (Lipinski definition) is 3. The third-order valence-electron chi connectivity index (χ3n) is 7.22. The van der Waals surface area contributed by atoms with Crippen LogP contribution in [0.4, 0.5) is 5.69 Å². The number of anilines is 1. The van der Waals surface area contributed by atoms with Crippen LogP contribution in [0.15, 0.2) is 28.5 Å². The molecule has 1 fully saturated rings. The smallest absolute Gasteiger partial charge is 0.138 e. The molecule has 1 aliphatic heterocycles. The van der Waals surface area contributed by atoms with Crippen LogP contribution in [-0.4, -0.2) is 100 Å². The van der Waals surface area contributed by atoms with E-state index in [1.54, 1.807) is 7.11 Å². The first-order chi connectivity index (χ1) is 19.1. The number of nitrogens with zero attached hydrogens (tertiary/aromatic N) is 4. The average Bonchev–Trinajstić information content (AvgIpc) is 2.91. The van der Waals surface area contributed by atoms with Crippen molar-refractivity contribution in [3.8, 4) is 17.6 Å². The topological polar surface area (TPSA) is 81.4 Å². The number of nitrogens with one attached hydrogen (secondary N) is 2. The molecule has 1 aliphatic rings. The number of ether oxygens (including phenoxy) is 1. The number of allylic oxidation sites excluding steroid dienone is 1. The van der Waals surface area contributed by atoms with Gasteiger partial charge in [0, 0.05) is 69.0 Å². The van der Waals surface area contributed by atoms with Crippen molar-refractivity contribution in [2.45, 2.75) is 72.4 Å². The number of likely N-dealkylation sites (N-methyl/N-ethyl adjacent to an activating group) is 1. The number of nitrogen functional groups attached to an aromatic ring is 1. The van der Waals surface area contributed by atoms with Crippen molar-refractivity contribution in [1.29, 1.82) is 0 Å². The minimum Gasteiger partial charge on any atom is -0.495 e. The molecule has 0 saturated carbocycles. The van der Waals surface area contributed by atoms with Gasteiger partial charge in [-0.15, -0.1) is 0 Å². The Hall–Kier alpha value is -2.73. The van der Waals surface area contributed by atoms with Gasteiger partial charge in [-0.05, 0) is 85.8 Å². The third-order valence-corrected chi connectivity index (χ3v) is 7.22. The number of rotatable bonds is 13. The number of amidine groups is 1. The Kier molecular flexibility index (Phi) is 14.4. The summed E-state index contributed by atoms with van der Waals surface area (Å²) in [5.74, 6) is 9.03.